The maximum absolute atomic E-state index is 12.4. The van der Waals surface area contributed by atoms with Crippen LogP contribution >= 0.6 is 0 Å². The zero-order chi connectivity index (χ0) is 20.0. The number of esters is 1. The second kappa shape index (κ2) is 9.14. The standard InChI is InChI=1S/C19H26N2O5S/c1-4-21(16-8-6-5-7-9-16)18(22)14-26-19(23)15-10-12-17(13-11-15)27(24,25)20(2)3/h8,10-13H,4-7,9,14H2,1-3H3. The summed E-state index contributed by atoms with van der Waals surface area (Å²) >= 11 is 0. The predicted molar refractivity (Wildman–Crippen MR) is 102 cm³/mol. The molecule has 148 valence electrons. The zero-order valence-electron chi connectivity index (χ0n) is 16.0. The molecule has 0 fully saturated rings. The first kappa shape index (κ1) is 21.1. The second-order valence-corrected chi connectivity index (χ2v) is 8.62. The van der Waals surface area contributed by atoms with E-state index in [1.807, 2.05) is 6.92 Å². The Morgan fingerprint density at radius 2 is 1.78 bits per heavy atom. The van der Waals surface area contributed by atoms with Gasteiger partial charge >= 0.3 is 5.97 Å². The van der Waals surface area contributed by atoms with Crippen molar-refractivity contribution in [3.05, 3.63) is 41.6 Å². The number of likely N-dealkylation sites (N-methyl/N-ethyl adjacent to an activating group) is 1. The van der Waals surface area contributed by atoms with Crippen molar-refractivity contribution in [1.29, 1.82) is 0 Å². The van der Waals surface area contributed by atoms with Crippen LogP contribution in [0.1, 0.15) is 43.0 Å². The molecule has 1 aromatic carbocycles. The van der Waals surface area contributed by atoms with E-state index in [1.54, 1.807) is 4.90 Å². The number of nitrogens with zero attached hydrogens (tertiary/aromatic N) is 2. The molecule has 27 heavy (non-hydrogen) atoms. The van der Waals surface area contributed by atoms with Crippen LogP contribution in [0, 0.1) is 0 Å². The monoisotopic (exact) mass is 394 g/mol. The molecule has 7 nitrogen and oxygen atoms in total. The minimum Gasteiger partial charge on any atom is -0.452 e. The topological polar surface area (TPSA) is 84.0 Å². The van der Waals surface area contributed by atoms with Crippen molar-refractivity contribution < 1.29 is 22.7 Å². The van der Waals surface area contributed by atoms with E-state index in [0.29, 0.717) is 6.54 Å². The summed E-state index contributed by atoms with van der Waals surface area (Å²) < 4.78 is 30.3. The molecule has 0 aliphatic heterocycles. The van der Waals surface area contributed by atoms with Gasteiger partial charge in [-0.15, -0.1) is 0 Å². The Morgan fingerprint density at radius 1 is 1.11 bits per heavy atom. The number of benzene rings is 1. The Bertz CT molecular complexity index is 813. The highest BCUT2D eigenvalue weighted by atomic mass is 32.2. The smallest absolute Gasteiger partial charge is 0.338 e. The van der Waals surface area contributed by atoms with Crippen molar-refractivity contribution in [3.8, 4) is 0 Å². The van der Waals surface area contributed by atoms with Crippen molar-refractivity contribution >= 4 is 21.9 Å². The molecular weight excluding hydrogens is 368 g/mol. The molecule has 1 aliphatic carbocycles. The number of hydrogen-bond acceptors (Lipinski definition) is 5. The van der Waals surface area contributed by atoms with Gasteiger partial charge in [0.25, 0.3) is 5.91 Å². The normalized spacial score (nSPS) is 14.6. The Hall–Kier alpha value is -2.19. The van der Waals surface area contributed by atoms with E-state index in [1.165, 1.54) is 38.4 Å². The molecule has 0 N–H and O–H groups in total. The van der Waals surface area contributed by atoms with Gasteiger partial charge in [0.2, 0.25) is 10.0 Å². The first-order chi connectivity index (χ1) is 12.8. The van der Waals surface area contributed by atoms with Crippen LogP contribution in [0.3, 0.4) is 0 Å². The van der Waals surface area contributed by atoms with Gasteiger partial charge in [0.05, 0.1) is 10.5 Å². The van der Waals surface area contributed by atoms with E-state index in [-0.39, 0.29) is 23.0 Å². The van der Waals surface area contributed by atoms with Gasteiger partial charge in [-0.3, -0.25) is 4.79 Å². The lowest BCUT2D eigenvalue weighted by atomic mass is 10.0. The number of carbonyl (C=O) groups excluding carboxylic acids is 2. The van der Waals surface area contributed by atoms with Crippen LogP contribution in [-0.4, -0.2) is 56.7 Å². The number of hydrogen-bond donors (Lipinski definition) is 0. The first-order valence-corrected chi connectivity index (χ1v) is 10.4. The van der Waals surface area contributed by atoms with E-state index >= 15 is 0 Å². The summed E-state index contributed by atoms with van der Waals surface area (Å²) in [6.07, 6.45) is 6.06. The fourth-order valence-corrected chi connectivity index (χ4v) is 3.77. The van der Waals surface area contributed by atoms with Crippen molar-refractivity contribution in [3.63, 3.8) is 0 Å². The second-order valence-electron chi connectivity index (χ2n) is 6.47. The minimum atomic E-state index is -3.56. The summed E-state index contributed by atoms with van der Waals surface area (Å²) in [6, 6.07) is 5.45. The number of carbonyl (C=O) groups is 2. The number of ether oxygens (including phenoxy) is 1. The van der Waals surface area contributed by atoms with Crippen LogP contribution in [0.5, 0.6) is 0 Å². The zero-order valence-corrected chi connectivity index (χ0v) is 16.8. The highest BCUT2D eigenvalue weighted by Crippen LogP contribution is 2.21. The summed E-state index contributed by atoms with van der Waals surface area (Å²) in [6.45, 7) is 2.07. The predicted octanol–water partition coefficient (Wildman–Crippen LogP) is 2.40. The minimum absolute atomic E-state index is 0.0847. The first-order valence-electron chi connectivity index (χ1n) is 8.96. The summed E-state index contributed by atoms with van der Waals surface area (Å²) in [7, 11) is -0.688. The SMILES string of the molecule is CCN(C(=O)COC(=O)c1ccc(S(=O)(=O)N(C)C)cc1)C1=CCCCC1. The van der Waals surface area contributed by atoms with Crippen LogP contribution in [0.4, 0.5) is 0 Å². The molecule has 0 saturated heterocycles. The maximum atomic E-state index is 12.4. The highest BCUT2D eigenvalue weighted by Gasteiger charge is 2.21. The van der Waals surface area contributed by atoms with E-state index in [4.69, 9.17) is 4.74 Å². The molecule has 0 aromatic heterocycles. The van der Waals surface area contributed by atoms with Gasteiger partial charge in [0.1, 0.15) is 0 Å². The molecular formula is C19H26N2O5S. The van der Waals surface area contributed by atoms with Crippen LogP contribution in [0.15, 0.2) is 40.9 Å². The third kappa shape index (κ3) is 5.17. The Balaban J connectivity index is 1.98. The molecule has 2 rings (SSSR count). The average Bonchev–Trinajstić information content (AvgIpc) is 2.67. The highest BCUT2D eigenvalue weighted by molar-refractivity contribution is 7.89. The molecule has 0 spiro atoms. The van der Waals surface area contributed by atoms with Gasteiger partial charge in [0.15, 0.2) is 6.61 Å². The molecule has 0 saturated carbocycles. The molecule has 0 bridgehead atoms. The third-order valence-corrected chi connectivity index (χ3v) is 6.26. The fourth-order valence-electron chi connectivity index (χ4n) is 2.87. The summed E-state index contributed by atoms with van der Waals surface area (Å²) in [5.41, 5.74) is 1.18. The van der Waals surface area contributed by atoms with E-state index < -0.39 is 16.0 Å². The molecule has 0 radical (unpaired) electrons. The van der Waals surface area contributed by atoms with Gasteiger partial charge in [-0.2, -0.15) is 0 Å². The van der Waals surface area contributed by atoms with Crippen LogP contribution < -0.4 is 0 Å². The van der Waals surface area contributed by atoms with E-state index in [0.717, 1.165) is 35.7 Å². The van der Waals surface area contributed by atoms with Crippen LogP contribution in [0.25, 0.3) is 0 Å². The Labute approximate surface area is 160 Å². The summed E-state index contributed by atoms with van der Waals surface area (Å²) in [4.78, 5) is 26.3. The Kier molecular flexibility index (Phi) is 7.15. The molecule has 0 atom stereocenters. The number of rotatable bonds is 7. The quantitative estimate of drug-likeness (QED) is 0.663. The van der Waals surface area contributed by atoms with E-state index in [9.17, 15) is 18.0 Å². The average molecular weight is 394 g/mol. The Morgan fingerprint density at radius 3 is 2.30 bits per heavy atom. The maximum Gasteiger partial charge on any atom is 0.338 e. The molecule has 0 unspecified atom stereocenters. The lowest BCUT2D eigenvalue weighted by Gasteiger charge is -2.26. The molecule has 0 heterocycles. The number of allylic oxidation sites excluding steroid dienone is 2. The van der Waals surface area contributed by atoms with Gasteiger partial charge in [-0.25, -0.2) is 17.5 Å². The summed E-state index contributed by atoms with van der Waals surface area (Å²) in [5.74, 6) is -0.920. The van der Waals surface area contributed by atoms with Crippen LogP contribution in [0.2, 0.25) is 0 Å². The van der Waals surface area contributed by atoms with Crippen molar-refractivity contribution in [2.45, 2.75) is 37.5 Å². The lowest BCUT2D eigenvalue weighted by molar-refractivity contribution is -0.132. The number of sulfonamides is 1. The van der Waals surface area contributed by atoms with Crippen LogP contribution in [-0.2, 0) is 19.6 Å². The fraction of sp³-hybridized carbons (Fsp3) is 0.474. The van der Waals surface area contributed by atoms with Gasteiger partial charge in [0, 0.05) is 26.3 Å². The van der Waals surface area contributed by atoms with E-state index in [2.05, 4.69) is 6.08 Å². The van der Waals surface area contributed by atoms with Gasteiger partial charge < -0.3 is 9.64 Å². The molecule has 1 amide bonds. The molecule has 8 heteroatoms. The third-order valence-electron chi connectivity index (χ3n) is 4.43. The van der Waals surface area contributed by atoms with Gasteiger partial charge in [-0.1, -0.05) is 6.08 Å². The van der Waals surface area contributed by atoms with Gasteiger partial charge in [-0.05, 0) is 56.9 Å². The van der Waals surface area contributed by atoms with Crippen molar-refractivity contribution in [2.75, 3.05) is 27.2 Å². The molecule has 1 aromatic rings. The largest absolute Gasteiger partial charge is 0.452 e. The van der Waals surface area contributed by atoms with Crippen molar-refractivity contribution in [1.82, 2.24) is 9.21 Å². The van der Waals surface area contributed by atoms with Crippen molar-refractivity contribution in [2.24, 2.45) is 0 Å². The number of amides is 1. The lowest BCUT2D eigenvalue weighted by Crippen LogP contribution is -2.34. The molecule has 1 aliphatic rings. The summed E-state index contributed by atoms with van der Waals surface area (Å²) in [5, 5.41) is 0.